The molecule has 0 atom stereocenters. The van der Waals surface area contributed by atoms with E-state index < -0.39 is 17.5 Å². The Morgan fingerprint density at radius 1 is 1.19 bits per heavy atom. The Morgan fingerprint density at radius 2 is 2.05 bits per heavy atom. The molecular formula is C14H12F2N4O. The average Bonchev–Trinajstić information content (AvgIpc) is 3.06. The maximum Gasteiger partial charge on any atom is 0.251 e. The number of fused-ring (bicyclic) bond motifs is 1. The number of hydrogen-bond acceptors (Lipinski definition) is 2. The first-order chi connectivity index (χ1) is 10.1. The highest BCUT2D eigenvalue weighted by atomic mass is 19.2. The third kappa shape index (κ3) is 2.62. The van der Waals surface area contributed by atoms with Crippen LogP contribution in [-0.2, 0) is 6.54 Å². The Balaban J connectivity index is 1.61. The smallest absolute Gasteiger partial charge is 0.251 e. The summed E-state index contributed by atoms with van der Waals surface area (Å²) in [5.74, 6) is -2.44. The summed E-state index contributed by atoms with van der Waals surface area (Å²) in [5, 5.41) is 6.74. The molecule has 21 heavy (non-hydrogen) atoms. The molecule has 3 aromatic rings. The maximum absolute atomic E-state index is 13.1. The van der Waals surface area contributed by atoms with Crippen molar-refractivity contribution in [3.63, 3.8) is 0 Å². The number of carbonyl (C=O) groups excluding carboxylic acids is 1. The van der Waals surface area contributed by atoms with Crippen LogP contribution in [-0.4, -0.2) is 26.6 Å². The van der Waals surface area contributed by atoms with Crippen LogP contribution in [0.1, 0.15) is 10.4 Å². The van der Waals surface area contributed by atoms with Gasteiger partial charge in [0, 0.05) is 37.1 Å². The van der Waals surface area contributed by atoms with Gasteiger partial charge in [0.15, 0.2) is 11.6 Å². The van der Waals surface area contributed by atoms with Gasteiger partial charge in [-0.05, 0) is 18.2 Å². The summed E-state index contributed by atoms with van der Waals surface area (Å²) in [4.78, 5) is 11.8. The van der Waals surface area contributed by atoms with E-state index in [1.54, 1.807) is 10.7 Å². The monoisotopic (exact) mass is 290 g/mol. The zero-order chi connectivity index (χ0) is 14.8. The summed E-state index contributed by atoms with van der Waals surface area (Å²) in [6, 6.07) is 4.93. The first-order valence-electron chi connectivity index (χ1n) is 6.37. The van der Waals surface area contributed by atoms with Crippen molar-refractivity contribution in [1.82, 2.24) is 19.5 Å². The normalized spacial score (nSPS) is 11.0. The second-order valence-electron chi connectivity index (χ2n) is 4.51. The molecule has 0 saturated heterocycles. The Bertz CT molecular complexity index is 793. The number of benzene rings is 1. The second kappa shape index (κ2) is 5.35. The van der Waals surface area contributed by atoms with Crippen LogP contribution in [0.3, 0.4) is 0 Å². The summed E-state index contributed by atoms with van der Waals surface area (Å²) in [6.07, 6.45) is 5.35. The molecule has 0 radical (unpaired) electrons. The van der Waals surface area contributed by atoms with Crippen molar-refractivity contribution >= 4 is 11.6 Å². The number of nitrogens with zero attached hydrogens (tertiary/aromatic N) is 3. The molecule has 0 aliphatic rings. The third-order valence-corrected chi connectivity index (χ3v) is 3.15. The summed E-state index contributed by atoms with van der Waals surface area (Å²) >= 11 is 0. The Hall–Kier alpha value is -2.70. The fourth-order valence-corrected chi connectivity index (χ4v) is 2.09. The van der Waals surface area contributed by atoms with Crippen molar-refractivity contribution in [2.75, 3.05) is 6.54 Å². The molecule has 0 saturated carbocycles. The molecule has 0 aliphatic carbocycles. The number of halogens is 2. The van der Waals surface area contributed by atoms with Crippen LogP contribution in [0.5, 0.6) is 0 Å². The molecule has 108 valence electrons. The Kier molecular flexibility index (Phi) is 3.39. The summed E-state index contributed by atoms with van der Waals surface area (Å²) in [6.45, 7) is 0.922. The van der Waals surface area contributed by atoms with Gasteiger partial charge in [-0.15, -0.1) is 0 Å². The highest BCUT2D eigenvalue weighted by Gasteiger charge is 2.09. The quantitative estimate of drug-likeness (QED) is 0.797. The lowest BCUT2D eigenvalue weighted by molar-refractivity contribution is 0.0952. The lowest BCUT2D eigenvalue weighted by Gasteiger charge is -2.07. The fourth-order valence-electron chi connectivity index (χ4n) is 2.09. The van der Waals surface area contributed by atoms with Crippen LogP contribution >= 0.6 is 0 Å². The number of aromatic nitrogens is 3. The molecule has 1 amide bonds. The van der Waals surface area contributed by atoms with Crippen molar-refractivity contribution in [2.24, 2.45) is 0 Å². The third-order valence-electron chi connectivity index (χ3n) is 3.15. The standard InChI is InChI=1S/C14H12F2N4O/c15-11-2-1-10(9-12(11)16)14(21)17-5-6-19-7-8-20-13(19)3-4-18-20/h1-4,7-9H,5-6H2,(H,17,21). The van der Waals surface area contributed by atoms with E-state index >= 15 is 0 Å². The number of carbonyl (C=O) groups is 1. The number of rotatable bonds is 4. The fraction of sp³-hybridized carbons (Fsp3) is 0.143. The molecule has 7 heteroatoms. The number of imidazole rings is 1. The molecular weight excluding hydrogens is 278 g/mol. The van der Waals surface area contributed by atoms with Gasteiger partial charge in [0.05, 0.1) is 6.20 Å². The van der Waals surface area contributed by atoms with Gasteiger partial charge in [-0.1, -0.05) is 0 Å². The largest absolute Gasteiger partial charge is 0.350 e. The second-order valence-corrected chi connectivity index (χ2v) is 4.51. The summed E-state index contributed by atoms with van der Waals surface area (Å²) in [5.41, 5.74) is 1.01. The van der Waals surface area contributed by atoms with Gasteiger partial charge >= 0.3 is 0 Å². The molecule has 3 rings (SSSR count). The van der Waals surface area contributed by atoms with Gasteiger partial charge in [0.25, 0.3) is 5.91 Å². The maximum atomic E-state index is 13.1. The number of nitrogens with one attached hydrogen (secondary N) is 1. The van der Waals surface area contributed by atoms with Crippen molar-refractivity contribution in [3.05, 3.63) is 60.1 Å². The zero-order valence-electron chi connectivity index (χ0n) is 11.0. The van der Waals surface area contributed by atoms with Crippen LogP contribution in [0.25, 0.3) is 5.65 Å². The van der Waals surface area contributed by atoms with Crippen LogP contribution < -0.4 is 5.32 Å². The molecule has 0 aliphatic heterocycles. The van der Waals surface area contributed by atoms with E-state index in [9.17, 15) is 13.6 Å². The van der Waals surface area contributed by atoms with E-state index in [2.05, 4.69) is 10.4 Å². The van der Waals surface area contributed by atoms with E-state index in [0.29, 0.717) is 13.1 Å². The van der Waals surface area contributed by atoms with E-state index in [-0.39, 0.29) is 5.56 Å². The first kappa shape index (κ1) is 13.3. The van der Waals surface area contributed by atoms with Gasteiger partial charge in [-0.25, -0.2) is 13.3 Å². The van der Waals surface area contributed by atoms with Gasteiger partial charge in [-0.2, -0.15) is 5.10 Å². The number of amides is 1. The zero-order valence-corrected chi connectivity index (χ0v) is 11.0. The van der Waals surface area contributed by atoms with Crippen LogP contribution in [0, 0.1) is 11.6 Å². The lowest BCUT2D eigenvalue weighted by Crippen LogP contribution is -2.27. The highest BCUT2D eigenvalue weighted by molar-refractivity contribution is 5.94. The van der Waals surface area contributed by atoms with E-state index in [1.807, 2.05) is 23.0 Å². The molecule has 1 N–H and O–H groups in total. The highest BCUT2D eigenvalue weighted by Crippen LogP contribution is 2.08. The Labute approximate surface area is 118 Å². The lowest BCUT2D eigenvalue weighted by atomic mass is 10.2. The van der Waals surface area contributed by atoms with Crippen LogP contribution in [0.2, 0.25) is 0 Å². The van der Waals surface area contributed by atoms with E-state index in [0.717, 1.165) is 17.8 Å². The van der Waals surface area contributed by atoms with Crippen molar-refractivity contribution in [3.8, 4) is 0 Å². The van der Waals surface area contributed by atoms with E-state index in [4.69, 9.17) is 0 Å². The van der Waals surface area contributed by atoms with Crippen molar-refractivity contribution in [1.29, 1.82) is 0 Å². The van der Waals surface area contributed by atoms with Crippen LogP contribution in [0.15, 0.2) is 42.9 Å². The topological polar surface area (TPSA) is 51.3 Å². The molecule has 0 bridgehead atoms. The van der Waals surface area contributed by atoms with Crippen molar-refractivity contribution < 1.29 is 13.6 Å². The molecule has 2 aromatic heterocycles. The summed E-state index contributed by atoms with van der Waals surface area (Å²) < 4.78 is 29.5. The molecule has 0 spiro atoms. The molecule has 2 heterocycles. The minimum Gasteiger partial charge on any atom is -0.350 e. The van der Waals surface area contributed by atoms with E-state index in [1.165, 1.54) is 6.07 Å². The summed E-state index contributed by atoms with van der Waals surface area (Å²) in [7, 11) is 0. The molecule has 0 fully saturated rings. The van der Waals surface area contributed by atoms with Crippen LogP contribution in [0.4, 0.5) is 8.78 Å². The van der Waals surface area contributed by atoms with Gasteiger partial charge in [0.1, 0.15) is 5.65 Å². The van der Waals surface area contributed by atoms with Gasteiger partial charge < -0.3 is 9.88 Å². The predicted octanol–water partition coefficient (Wildman–Crippen LogP) is 1.84. The van der Waals surface area contributed by atoms with Gasteiger partial charge in [0.2, 0.25) is 0 Å². The van der Waals surface area contributed by atoms with Gasteiger partial charge in [-0.3, -0.25) is 4.79 Å². The van der Waals surface area contributed by atoms with Crippen molar-refractivity contribution in [2.45, 2.75) is 6.54 Å². The minimum atomic E-state index is -1.03. The molecule has 1 aromatic carbocycles. The average molecular weight is 290 g/mol. The molecule has 5 nitrogen and oxygen atoms in total. The molecule has 0 unspecified atom stereocenters. The Morgan fingerprint density at radius 3 is 2.86 bits per heavy atom. The predicted molar refractivity (Wildman–Crippen MR) is 71.9 cm³/mol. The first-order valence-corrected chi connectivity index (χ1v) is 6.37. The number of hydrogen-bond donors (Lipinski definition) is 1. The SMILES string of the molecule is O=C(NCCn1ccn2nccc12)c1ccc(F)c(F)c1. The minimum absolute atomic E-state index is 0.0934.